The van der Waals surface area contributed by atoms with Crippen molar-refractivity contribution in [3.8, 4) is 0 Å². The normalized spacial score (nSPS) is 15.2. The average Bonchev–Trinajstić information content (AvgIpc) is 1.84. The first-order chi connectivity index (χ1) is 5.39. The summed E-state index contributed by atoms with van der Waals surface area (Å²) in [6, 6.07) is 0. The van der Waals surface area contributed by atoms with Gasteiger partial charge in [0.25, 0.3) is 0 Å². The Morgan fingerprint density at radius 2 is 1.67 bits per heavy atom. The fraction of sp³-hybridized carbons (Fsp3) is 1.00. The summed E-state index contributed by atoms with van der Waals surface area (Å²) in [4.78, 5) is 0. The number of hydrogen-bond donors (Lipinski definition) is 0. The lowest BCUT2D eigenvalue weighted by atomic mass is 10.3. The van der Waals surface area contributed by atoms with E-state index < -0.39 is 0 Å². The molecular weight excluding hydrogens is 163 g/mol. The fourth-order valence-electron chi connectivity index (χ4n) is 1.70. The van der Waals surface area contributed by atoms with Crippen molar-refractivity contribution in [2.75, 3.05) is 6.16 Å². The highest BCUT2D eigenvalue weighted by Gasteiger charge is 2.25. The van der Waals surface area contributed by atoms with Gasteiger partial charge in [-0.3, -0.25) is 0 Å². The molecule has 1 unspecified atom stereocenters. The summed E-state index contributed by atoms with van der Waals surface area (Å²) >= 11 is 0. The van der Waals surface area contributed by atoms with E-state index in [1.165, 1.54) is 19.0 Å². The maximum atomic E-state index is 2.40. The Hall–Kier alpha value is 0.430. The van der Waals surface area contributed by atoms with Crippen LogP contribution < -0.4 is 0 Å². The second kappa shape index (κ2) is 5.22. The van der Waals surface area contributed by atoms with Crippen molar-refractivity contribution in [3.05, 3.63) is 0 Å². The smallest absolute Gasteiger partial charge is 0.0177 e. The molecule has 1 atom stereocenters. The monoisotopic (exact) mass is 188 g/mol. The predicted octanol–water partition coefficient (Wildman–Crippen LogP) is 4.48. The third-order valence-electron chi connectivity index (χ3n) is 2.24. The van der Waals surface area contributed by atoms with Crippen LogP contribution in [0.2, 0.25) is 0 Å². The van der Waals surface area contributed by atoms with Crippen LogP contribution in [0.3, 0.4) is 0 Å². The lowest BCUT2D eigenvalue weighted by molar-refractivity contribution is 0.756. The molecule has 0 nitrogen and oxygen atoms in total. The molecule has 0 heterocycles. The van der Waals surface area contributed by atoms with Crippen molar-refractivity contribution in [2.24, 2.45) is 0 Å². The van der Waals surface area contributed by atoms with Crippen LogP contribution >= 0.6 is 7.92 Å². The Bertz CT molecular complexity index is 111. The molecule has 12 heavy (non-hydrogen) atoms. The summed E-state index contributed by atoms with van der Waals surface area (Å²) in [5.41, 5.74) is 0.895. The van der Waals surface area contributed by atoms with E-state index in [4.69, 9.17) is 0 Å². The molecule has 0 rings (SSSR count). The molecule has 0 aromatic carbocycles. The van der Waals surface area contributed by atoms with Gasteiger partial charge in [-0.15, -0.1) is 0 Å². The Labute approximate surface area is 79.9 Å². The third-order valence-corrected chi connectivity index (χ3v) is 6.01. The summed E-state index contributed by atoms with van der Waals surface area (Å²) in [5, 5.41) is 0.554. The lowest BCUT2D eigenvalue weighted by Gasteiger charge is -2.34. The van der Waals surface area contributed by atoms with E-state index >= 15 is 0 Å². The van der Waals surface area contributed by atoms with Crippen LogP contribution in [0.5, 0.6) is 0 Å². The number of hydrogen-bond acceptors (Lipinski definition) is 0. The van der Waals surface area contributed by atoms with Gasteiger partial charge >= 0.3 is 0 Å². The molecule has 0 aromatic heterocycles. The lowest BCUT2D eigenvalue weighted by Crippen LogP contribution is -2.18. The molecule has 1 heteroatoms. The molecule has 0 aliphatic heterocycles. The molecule has 0 aliphatic rings. The van der Waals surface area contributed by atoms with Crippen molar-refractivity contribution in [2.45, 2.75) is 65.2 Å². The quantitative estimate of drug-likeness (QED) is 0.571. The van der Waals surface area contributed by atoms with E-state index in [9.17, 15) is 0 Å². The first kappa shape index (κ1) is 12.4. The maximum absolute atomic E-state index is 2.40. The van der Waals surface area contributed by atoms with E-state index in [1.54, 1.807) is 0 Å². The van der Waals surface area contributed by atoms with Gasteiger partial charge in [0, 0.05) is 0 Å². The first-order valence-electron chi connectivity index (χ1n) is 5.16. The average molecular weight is 188 g/mol. The second-order valence-electron chi connectivity index (χ2n) is 4.81. The van der Waals surface area contributed by atoms with Gasteiger partial charge in [0.15, 0.2) is 0 Å². The van der Waals surface area contributed by atoms with Crippen molar-refractivity contribution in [3.63, 3.8) is 0 Å². The summed E-state index contributed by atoms with van der Waals surface area (Å²) in [6.45, 7) is 14.2. The van der Waals surface area contributed by atoms with Gasteiger partial charge in [0.2, 0.25) is 0 Å². The molecular formula is C11H25P. The van der Waals surface area contributed by atoms with E-state index in [0.717, 1.165) is 5.66 Å². The Balaban J connectivity index is 4.05. The standard InChI is InChI=1S/C11H25P/c1-7-8-9-12(10(2)3)11(4,5)6/h10H,7-9H2,1-6H3. The Kier molecular flexibility index (Phi) is 5.41. The molecule has 0 N–H and O–H groups in total. The van der Waals surface area contributed by atoms with E-state index in [-0.39, 0.29) is 7.92 Å². The van der Waals surface area contributed by atoms with Gasteiger partial charge in [0.05, 0.1) is 0 Å². The minimum atomic E-state index is 0.233. The minimum Gasteiger partial charge on any atom is -0.0985 e. The molecule has 0 radical (unpaired) electrons. The Morgan fingerprint density at radius 3 is 1.92 bits per heavy atom. The molecule has 74 valence electrons. The molecule has 0 bridgehead atoms. The van der Waals surface area contributed by atoms with Gasteiger partial charge in [-0.1, -0.05) is 55.9 Å². The summed E-state index contributed by atoms with van der Waals surface area (Å²) in [6.07, 6.45) is 4.23. The van der Waals surface area contributed by atoms with E-state index in [2.05, 4.69) is 41.5 Å². The summed E-state index contributed by atoms with van der Waals surface area (Å²) in [7, 11) is 0.233. The van der Waals surface area contributed by atoms with Crippen LogP contribution in [0.15, 0.2) is 0 Å². The molecule has 0 saturated carbocycles. The van der Waals surface area contributed by atoms with Crippen LogP contribution in [0, 0.1) is 0 Å². The minimum absolute atomic E-state index is 0.233. The van der Waals surface area contributed by atoms with Gasteiger partial charge < -0.3 is 0 Å². The Morgan fingerprint density at radius 1 is 1.17 bits per heavy atom. The first-order valence-corrected chi connectivity index (χ1v) is 6.76. The fourth-order valence-corrected chi connectivity index (χ4v) is 5.09. The highest BCUT2D eigenvalue weighted by Crippen LogP contribution is 2.53. The van der Waals surface area contributed by atoms with Crippen molar-refractivity contribution in [1.29, 1.82) is 0 Å². The van der Waals surface area contributed by atoms with Crippen LogP contribution in [-0.4, -0.2) is 17.0 Å². The van der Waals surface area contributed by atoms with Gasteiger partial charge in [-0.2, -0.15) is 0 Å². The zero-order chi connectivity index (χ0) is 9.78. The van der Waals surface area contributed by atoms with Crippen LogP contribution in [0.25, 0.3) is 0 Å². The number of unbranched alkanes of at least 4 members (excludes halogenated alkanes) is 1. The maximum Gasteiger partial charge on any atom is -0.0177 e. The largest absolute Gasteiger partial charge is 0.0985 e. The zero-order valence-corrected chi connectivity index (χ0v) is 10.5. The molecule has 0 aromatic rings. The van der Waals surface area contributed by atoms with Crippen LogP contribution in [0.1, 0.15) is 54.4 Å². The van der Waals surface area contributed by atoms with E-state index in [0.29, 0.717) is 5.16 Å². The van der Waals surface area contributed by atoms with Gasteiger partial charge in [0.1, 0.15) is 0 Å². The van der Waals surface area contributed by atoms with Crippen LogP contribution in [-0.2, 0) is 0 Å². The number of rotatable bonds is 4. The molecule has 0 spiro atoms. The molecule has 0 fully saturated rings. The van der Waals surface area contributed by atoms with Crippen LogP contribution in [0.4, 0.5) is 0 Å². The highest BCUT2D eigenvalue weighted by molar-refractivity contribution is 7.59. The topological polar surface area (TPSA) is 0 Å². The molecule has 0 amide bonds. The molecule has 0 saturated heterocycles. The van der Waals surface area contributed by atoms with Crippen molar-refractivity contribution < 1.29 is 0 Å². The summed E-state index contributed by atoms with van der Waals surface area (Å²) in [5.74, 6) is 0. The third kappa shape index (κ3) is 4.45. The SMILES string of the molecule is CCCCP(C(C)C)C(C)(C)C. The van der Waals surface area contributed by atoms with E-state index in [1.807, 2.05) is 0 Å². The zero-order valence-electron chi connectivity index (χ0n) is 9.65. The molecule has 0 aliphatic carbocycles. The highest BCUT2D eigenvalue weighted by atomic mass is 31.1. The predicted molar refractivity (Wildman–Crippen MR) is 61.6 cm³/mol. The van der Waals surface area contributed by atoms with Gasteiger partial charge in [-0.05, 0) is 23.4 Å². The summed E-state index contributed by atoms with van der Waals surface area (Å²) < 4.78 is 0. The van der Waals surface area contributed by atoms with Crippen molar-refractivity contribution in [1.82, 2.24) is 0 Å². The van der Waals surface area contributed by atoms with Crippen molar-refractivity contribution >= 4 is 7.92 Å². The second-order valence-corrected chi connectivity index (χ2v) is 8.57. The van der Waals surface area contributed by atoms with Gasteiger partial charge in [-0.25, -0.2) is 0 Å².